The third-order valence-electron chi connectivity index (χ3n) is 4.47. The van der Waals surface area contributed by atoms with Crippen molar-refractivity contribution in [1.29, 1.82) is 0 Å². The Morgan fingerprint density at radius 3 is 2.58 bits per heavy atom. The van der Waals surface area contributed by atoms with Crippen molar-refractivity contribution < 1.29 is 14.3 Å². The molecule has 2 N–H and O–H groups in total. The van der Waals surface area contributed by atoms with E-state index in [1.165, 1.54) is 6.33 Å². The number of anilines is 1. The Labute approximate surface area is 186 Å². The van der Waals surface area contributed by atoms with Crippen LogP contribution in [0.3, 0.4) is 0 Å². The summed E-state index contributed by atoms with van der Waals surface area (Å²) >= 11 is 3.52. The van der Waals surface area contributed by atoms with Gasteiger partial charge in [-0.1, -0.05) is 30.3 Å². The fourth-order valence-corrected chi connectivity index (χ4v) is 3.55. The molecule has 156 valence electrons. The van der Waals surface area contributed by atoms with Crippen LogP contribution >= 0.6 is 15.9 Å². The molecule has 8 nitrogen and oxygen atoms in total. The van der Waals surface area contributed by atoms with E-state index in [1.54, 1.807) is 41.3 Å². The Balaban J connectivity index is 1.25. The number of carbonyl (C=O) groups excluding carboxylic acids is 2. The van der Waals surface area contributed by atoms with Crippen molar-refractivity contribution in [3.05, 3.63) is 77.8 Å². The number of nitrogens with one attached hydrogen (secondary N) is 2. The molecular weight excluding hydrogens is 462 g/mol. The summed E-state index contributed by atoms with van der Waals surface area (Å²) in [5, 5.41) is 11.4. The Hall–Kier alpha value is -3.72. The molecule has 0 aliphatic carbocycles. The van der Waals surface area contributed by atoms with Crippen LogP contribution in [0.25, 0.3) is 16.5 Å². The van der Waals surface area contributed by atoms with E-state index in [0.29, 0.717) is 11.4 Å². The van der Waals surface area contributed by atoms with E-state index >= 15 is 0 Å². The van der Waals surface area contributed by atoms with Gasteiger partial charge in [0.2, 0.25) is 5.91 Å². The highest BCUT2D eigenvalue weighted by atomic mass is 79.9. The Bertz CT molecular complexity index is 1210. The fraction of sp³-hybridized carbons (Fsp3) is 0.0909. The summed E-state index contributed by atoms with van der Waals surface area (Å²) in [6.45, 7) is -0.358. The van der Waals surface area contributed by atoms with Crippen LogP contribution in [0, 0.1) is 0 Å². The van der Waals surface area contributed by atoms with Crippen LogP contribution in [-0.4, -0.2) is 39.7 Å². The van der Waals surface area contributed by atoms with Gasteiger partial charge in [0.15, 0.2) is 6.61 Å². The Morgan fingerprint density at radius 2 is 1.81 bits per heavy atom. The molecule has 0 aliphatic rings. The van der Waals surface area contributed by atoms with Crippen LogP contribution < -0.4 is 15.4 Å². The van der Waals surface area contributed by atoms with Crippen LogP contribution in [0.4, 0.5) is 5.69 Å². The summed E-state index contributed by atoms with van der Waals surface area (Å²) in [6, 6.07) is 18.7. The summed E-state index contributed by atoms with van der Waals surface area (Å²) in [7, 11) is 0. The van der Waals surface area contributed by atoms with Crippen molar-refractivity contribution in [2.24, 2.45) is 0 Å². The molecule has 0 fully saturated rings. The van der Waals surface area contributed by atoms with E-state index in [2.05, 4.69) is 36.6 Å². The molecule has 4 aromatic rings. The van der Waals surface area contributed by atoms with Crippen LogP contribution in [0.2, 0.25) is 0 Å². The van der Waals surface area contributed by atoms with E-state index in [1.807, 2.05) is 30.3 Å². The van der Waals surface area contributed by atoms with Gasteiger partial charge in [0, 0.05) is 5.69 Å². The second-order valence-electron chi connectivity index (χ2n) is 6.60. The molecule has 1 heterocycles. The van der Waals surface area contributed by atoms with Gasteiger partial charge in [-0.15, -0.1) is 0 Å². The maximum Gasteiger partial charge on any atom is 0.258 e. The lowest BCUT2D eigenvalue weighted by Gasteiger charge is -2.11. The SMILES string of the molecule is O=C(COc1ccc2ccccc2c1Br)NCC(=O)Nc1ccc(-n2cncn2)cc1. The van der Waals surface area contributed by atoms with Gasteiger partial charge in [-0.3, -0.25) is 9.59 Å². The minimum Gasteiger partial charge on any atom is -0.483 e. The van der Waals surface area contributed by atoms with Crippen LogP contribution in [0.15, 0.2) is 77.8 Å². The zero-order chi connectivity index (χ0) is 21.6. The van der Waals surface area contributed by atoms with Crippen molar-refractivity contribution >= 4 is 44.2 Å². The molecule has 0 aliphatic heterocycles. The van der Waals surface area contributed by atoms with Gasteiger partial charge in [-0.25, -0.2) is 9.67 Å². The van der Waals surface area contributed by atoms with E-state index < -0.39 is 5.91 Å². The fourth-order valence-electron chi connectivity index (χ4n) is 2.94. The summed E-state index contributed by atoms with van der Waals surface area (Å²) in [5.74, 6) is -0.170. The number of amides is 2. The summed E-state index contributed by atoms with van der Waals surface area (Å²) in [4.78, 5) is 28.1. The Kier molecular flexibility index (Phi) is 6.23. The number of ether oxygens (including phenoxy) is 1. The van der Waals surface area contributed by atoms with E-state index in [4.69, 9.17) is 4.74 Å². The van der Waals surface area contributed by atoms with E-state index in [0.717, 1.165) is 20.9 Å². The second kappa shape index (κ2) is 9.40. The first-order chi connectivity index (χ1) is 15.1. The molecule has 3 aromatic carbocycles. The number of hydrogen-bond donors (Lipinski definition) is 2. The first-order valence-corrected chi connectivity index (χ1v) is 10.2. The lowest BCUT2D eigenvalue weighted by Crippen LogP contribution is -2.35. The lowest BCUT2D eigenvalue weighted by atomic mass is 10.1. The molecule has 0 saturated carbocycles. The molecule has 0 radical (unpaired) electrons. The minimum absolute atomic E-state index is 0.161. The second-order valence-corrected chi connectivity index (χ2v) is 7.39. The van der Waals surface area contributed by atoms with E-state index in [-0.39, 0.29) is 19.1 Å². The number of rotatable bonds is 7. The Morgan fingerprint density at radius 1 is 1.00 bits per heavy atom. The van der Waals surface area contributed by atoms with Crippen LogP contribution in [0.5, 0.6) is 5.75 Å². The molecule has 0 spiro atoms. The number of fused-ring (bicyclic) bond motifs is 1. The zero-order valence-corrected chi connectivity index (χ0v) is 17.9. The highest BCUT2D eigenvalue weighted by Crippen LogP contribution is 2.32. The number of aromatic nitrogens is 3. The molecule has 4 rings (SSSR count). The molecule has 9 heteroatoms. The number of nitrogens with zero attached hydrogens (tertiary/aromatic N) is 3. The largest absolute Gasteiger partial charge is 0.483 e. The number of halogens is 1. The van der Waals surface area contributed by atoms with Crippen molar-refractivity contribution in [2.75, 3.05) is 18.5 Å². The number of carbonyl (C=O) groups is 2. The molecule has 0 unspecified atom stereocenters. The van der Waals surface area contributed by atoms with E-state index in [9.17, 15) is 9.59 Å². The normalized spacial score (nSPS) is 10.6. The average Bonchev–Trinajstić information content (AvgIpc) is 3.33. The zero-order valence-electron chi connectivity index (χ0n) is 16.3. The van der Waals surface area contributed by atoms with Crippen molar-refractivity contribution in [2.45, 2.75) is 0 Å². The highest BCUT2D eigenvalue weighted by molar-refractivity contribution is 9.10. The van der Waals surface area contributed by atoms with Gasteiger partial charge in [-0.2, -0.15) is 5.10 Å². The van der Waals surface area contributed by atoms with Gasteiger partial charge < -0.3 is 15.4 Å². The van der Waals surface area contributed by atoms with Crippen LogP contribution in [-0.2, 0) is 9.59 Å². The first-order valence-electron chi connectivity index (χ1n) is 9.42. The average molecular weight is 480 g/mol. The lowest BCUT2D eigenvalue weighted by molar-refractivity contribution is -0.125. The predicted octanol–water partition coefficient (Wildman–Crippen LogP) is 3.32. The number of benzene rings is 3. The van der Waals surface area contributed by atoms with Crippen LogP contribution in [0.1, 0.15) is 0 Å². The topological polar surface area (TPSA) is 98.1 Å². The molecule has 31 heavy (non-hydrogen) atoms. The third-order valence-corrected chi connectivity index (χ3v) is 5.29. The highest BCUT2D eigenvalue weighted by Gasteiger charge is 2.10. The van der Waals surface area contributed by atoms with Crippen molar-refractivity contribution in [3.63, 3.8) is 0 Å². The van der Waals surface area contributed by atoms with Crippen molar-refractivity contribution in [3.8, 4) is 11.4 Å². The number of hydrogen-bond acceptors (Lipinski definition) is 5. The maximum atomic E-state index is 12.1. The molecule has 0 saturated heterocycles. The van der Waals surface area contributed by atoms with Gasteiger partial charge in [0.05, 0.1) is 16.7 Å². The monoisotopic (exact) mass is 479 g/mol. The van der Waals surface area contributed by atoms with Gasteiger partial charge in [0.1, 0.15) is 18.4 Å². The predicted molar refractivity (Wildman–Crippen MR) is 120 cm³/mol. The molecule has 0 bridgehead atoms. The molecular formula is C22H18BrN5O3. The summed E-state index contributed by atoms with van der Waals surface area (Å²) in [5.41, 5.74) is 1.43. The quantitative estimate of drug-likeness (QED) is 0.423. The standard InChI is InChI=1S/C22H18BrN5O3/c23-22-18-4-2-1-3-15(18)5-10-19(22)31-12-21(30)25-11-20(29)27-16-6-8-17(9-7-16)28-14-24-13-26-28/h1-10,13-14H,11-12H2,(H,25,30)(H,27,29). The van der Waals surface area contributed by atoms with Gasteiger partial charge in [-0.05, 0) is 57.0 Å². The smallest absolute Gasteiger partial charge is 0.258 e. The van der Waals surface area contributed by atoms with Gasteiger partial charge in [0.25, 0.3) is 5.91 Å². The third kappa shape index (κ3) is 5.07. The molecule has 0 atom stereocenters. The summed E-state index contributed by atoms with van der Waals surface area (Å²) in [6.07, 6.45) is 3.03. The molecule has 2 amide bonds. The molecule has 1 aromatic heterocycles. The summed E-state index contributed by atoms with van der Waals surface area (Å²) < 4.78 is 8.00. The minimum atomic E-state index is -0.392. The maximum absolute atomic E-state index is 12.1. The van der Waals surface area contributed by atoms with Gasteiger partial charge >= 0.3 is 0 Å². The van der Waals surface area contributed by atoms with Crippen molar-refractivity contribution in [1.82, 2.24) is 20.1 Å². The first kappa shape index (κ1) is 20.5.